The lowest BCUT2D eigenvalue weighted by Crippen LogP contribution is -2.22. The molecule has 6 heteroatoms. The van der Waals surface area contributed by atoms with Gasteiger partial charge < -0.3 is 0 Å². The Labute approximate surface area is 172 Å². The quantitative estimate of drug-likeness (QED) is 0.355. The van der Waals surface area contributed by atoms with E-state index in [1.54, 1.807) is 41.0 Å². The predicted octanol–water partition coefficient (Wildman–Crippen LogP) is 5.08. The van der Waals surface area contributed by atoms with Crippen molar-refractivity contribution in [2.24, 2.45) is 0 Å². The van der Waals surface area contributed by atoms with Gasteiger partial charge in [-0.3, -0.25) is 19.5 Å². The maximum absolute atomic E-state index is 13.3. The van der Waals surface area contributed by atoms with Crippen LogP contribution in [0, 0.1) is 24.0 Å². The molecule has 0 fully saturated rings. The van der Waals surface area contributed by atoms with Crippen LogP contribution in [0.1, 0.15) is 22.5 Å². The van der Waals surface area contributed by atoms with Crippen LogP contribution in [0.4, 0.5) is 5.69 Å². The first-order valence-corrected chi connectivity index (χ1v) is 9.45. The molecule has 30 heavy (non-hydrogen) atoms. The zero-order valence-electron chi connectivity index (χ0n) is 16.6. The van der Waals surface area contributed by atoms with Gasteiger partial charge in [-0.15, -0.1) is 0 Å². The molecule has 0 N–H and O–H groups in total. The van der Waals surface area contributed by atoms with Gasteiger partial charge in [-0.05, 0) is 60.9 Å². The van der Waals surface area contributed by atoms with Crippen molar-refractivity contribution < 1.29 is 4.92 Å². The van der Waals surface area contributed by atoms with Gasteiger partial charge in [0.05, 0.1) is 21.5 Å². The average molecular weight is 397 g/mol. The molecule has 6 nitrogen and oxygen atoms in total. The van der Waals surface area contributed by atoms with E-state index in [4.69, 9.17) is 0 Å². The maximum Gasteiger partial charge on any atom is 0.270 e. The molecule has 0 spiro atoms. The highest BCUT2D eigenvalue weighted by Gasteiger charge is 2.12. The van der Waals surface area contributed by atoms with Crippen LogP contribution in [0.25, 0.3) is 28.7 Å². The molecule has 0 bridgehead atoms. The lowest BCUT2D eigenvalue weighted by atomic mass is 10.1. The Balaban J connectivity index is 1.93. The molecule has 0 unspecified atom stereocenters. The number of nitro benzene ring substituents is 1. The van der Waals surface area contributed by atoms with Crippen molar-refractivity contribution in [3.63, 3.8) is 0 Å². The van der Waals surface area contributed by atoms with E-state index in [-0.39, 0.29) is 11.2 Å². The van der Waals surface area contributed by atoms with Crippen LogP contribution in [0.3, 0.4) is 0 Å². The molecule has 0 aliphatic heterocycles. The summed E-state index contributed by atoms with van der Waals surface area (Å²) >= 11 is 0. The minimum Gasteiger partial charge on any atom is -0.268 e. The summed E-state index contributed by atoms with van der Waals surface area (Å²) in [5.74, 6) is 0.454. The van der Waals surface area contributed by atoms with Crippen molar-refractivity contribution in [3.8, 4) is 5.69 Å². The molecule has 0 radical (unpaired) electrons. The van der Waals surface area contributed by atoms with Crippen molar-refractivity contribution in [3.05, 3.63) is 110 Å². The van der Waals surface area contributed by atoms with Crippen molar-refractivity contribution in [1.29, 1.82) is 0 Å². The summed E-state index contributed by atoms with van der Waals surface area (Å²) in [7, 11) is 0. The summed E-state index contributed by atoms with van der Waals surface area (Å²) in [6.45, 7) is 3.96. The van der Waals surface area contributed by atoms with E-state index in [0.29, 0.717) is 22.3 Å². The zero-order chi connectivity index (χ0) is 21.3. The van der Waals surface area contributed by atoms with Gasteiger partial charge >= 0.3 is 0 Å². The Morgan fingerprint density at radius 1 is 0.933 bits per heavy atom. The topological polar surface area (TPSA) is 78.0 Å². The number of benzene rings is 3. The molecular formula is C24H19N3O3. The molecular weight excluding hydrogens is 378 g/mol. The van der Waals surface area contributed by atoms with E-state index in [0.717, 1.165) is 16.8 Å². The van der Waals surface area contributed by atoms with Gasteiger partial charge in [-0.2, -0.15) is 0 Å². The molecule has 0 atom stereocenters. The third-order valence-corrected chi connectivity index (χ3v) is 4.77. The number of nitrogens with zero attached hydrogens (tertiary/aromatic N) is 3. The van der Waals surface area contributed by atoms with Crippen molar-refractivity contribution in [1.82, 2.24) is 9.55 Å². The van der Waals surface area contributed by atoms with Crippen molar-refractivity contribution >= 4 is 28.7 Å². The van der Waals surface area contributed by atoms with Crippen LogP contribution in [0.15, 0.2) is 71.5 Å². The highest BCUT2D eigenvalue weighted by atomic mass is 16.6. The Morgan fingerprint density at radius 2 is 1.67 bits per heavy atom. The largest absolute Gasteiger partial charge is 0.270 e. The number of aryl methyl sites for hydroxylation is 2. The molecule has 0 aliphatic rings. The van der Waals surface area contributed by atoms with Crippen LogP contribution >= 0.6 is 0 Å². The van der Waals surface area contributed by atoms with Crippen LogP contribution < -0.4 is 5.56 Å². The minimum atomic E-state index is -0.433. The first kappa shape index (κ1) is 19.3. The molecule has 1 heterocycles. The predicted molar refractivity (Wildman–Crippen MR) is 119 cm³/mol. The van der Waals surface area contributed by atoms with Gasteiger partial charge in [-0.1, -0.05) is 36.4 Å². The fourth-order valence-corrected chi connectivity index (χ4v) is 3.50. The van der Waals surface area contributed by atoms with E-state index < -0.39 is 4.92 Å². The van der Waals surface area contributed by atoms with E-state index >= 15 is 0 Å². The average Bonchev–Trinajstić information content (AvgIpc) is 2.72. The smallest absolute Gasteiger partial charge is 0.268 e. The summed E-state index contributed by atoms with van der Waals surface area (Å²) in [5, 5.41) is 11.6. The highest BCUT2D eigenvalue weighted by Crippen LogP contribution is 2.19. The summed E-state index contributed by atoms with van der Waals surface area (Å²) < 4.78 is 1.58. The van der Waals surface area contributed by atoms with Gasteiger partial charge in [0, 0.05) is 12.1 Å². The molecule has 1 aromatic heterocycles. The van der Waals surface area contributed by atoms with E-state index in [1.807, 2.05) is 44.2 Å². The second-order valence-electron chi connectivity index (χ2n) is 7.16. The third-order valence-electron chi connectivity index (χ3n) is 4.77. The maximum atomic E-state index is 13.3. The number of fused-ring (bicyclic) bond motifs is 1. The Bertz CT molecular complexity index is 1350. The molecule has 148 valence electrons. The number of aromatic nitrogens is 2. The number of hydrogen-bond acceptors (Lipinski definition) is 4. The van der Waals surface area contributed by atoms with Crippen LogP contribution in [0.5, 0.6) is 0 Å². The molecule has 0 saturated carbocycles. The van der Waals surface area contributed by atoms with Crippen LogP contribution in [-0.4, -0.2) is 14.5 Å². The minimum absolute atomic E-state index is 0.00956. The molecule has 0 amide bonds. The number of rotatable bonds is 4. The van der Waals surface area contributed by atoms with Gasteiger partial charge in [0.25, 0.3) is 11.2 Å². The normalized spacial score (nSPS) is 11.3. The second kappa shape index (κ2) is 7.75. The van der Waals surface area contributed by atoms with Crippen LogP contribution in [0.2, 0.25) is 0 Å². The molecule has 0 aliphatic carbocycles. The fourth-order valence-electron chi connectivity index (χ4n) is 3.50. The number of hydrogen-bond donors (Lipinski definition) is 0. The standard InChI is InChI=1S/C24H19N3O3/c1-16-12-17(2)14-20(13-16)26-23(25-22-9-4-3-8-21(22)24(26)28)11-10-18-6-5-7-19(15-18)27(29)30/h3-15H,1-2H3/b11-10+. The van der Waals surface area contributed by atoms with Gasteiger partial charge in [0.2, 0.25) is 0 Å². The number of nitro groups is 1. The zero-order valence-corrected chi connectivity index (χ0v) is 16.6. The lowest BCUT2D eigenvalue weighted by molar-refractivity contribution is -0.384. The van der Waals surface area contributed by atoms with E-state index in [1.165, 1.54) is 12.1 Å². The summed E-state index contributed by atoms with van der Waals surface area (Å²) in [5.41, 5.74) is 3.91. The summed E-state index contributed by atoms with van der Waals surface area (Å²) in [4.78, 5) is 28.6. The first-order chi connectivity index (χ1) is 14.4. The molecule has 3 aromatic carbocycles. The van der Waals surface area contributed by atoms with Gasteiger partial charge in [0.1, 0.15) is 5.82 Å². The number of non-ortho nitro benzene ring substituents is 1. The molecule has 0 saturated heterocycles. The second-order valence-corrected chi connectivity index (χ2v) is 7.16. The SMILES string of the molecule is Cc1cc(C)cc(-n2c(/C=C/c3cccc([N+](=O)[O-])c3)nc3ccccc3c2=O)c1. The van der Waals surface area contributed by atoms with E-state index in [9.17, 15) is 14.9 Å². The van der Waals surface area contributed by atoms with Crippen molar-refractivity contribution in [2.75, 3.05) is 0 Å². The van der Waals surface area contributed by atoms with Crippen LogP contribution in [-0.2, 0) is 0 Å². The molecule has 4 rings (SSSR count). The highest BCUT2D eigenvalue weighted by molar-refractivity contribution is 5.80. The van der Waals surface area contributed by atoms with Gasteiger partial charge in [0.15, 0.2) is 0 Å². The molecule has 4 aromatic rings. The summed E-state index contributed by atoms with van der Waals surface area (Å²) in [6.07, 6.45) is 3.44. The van der Waals surface area contributed by atoms with Crippen molar-refractivity contribution in [2.45, 2.75) is 13.8 Å². The Kier molecular flexibility index (Phi) is 4.98. The number of para-hydroxylation sites is 1. The van der Waals surface area contributed by atoms with E-state index in [2.05, 4.69) is 4.98 Å². The summed E-state index contributed by atoms with van der Waals surface area (Å²) in [6, 6.07) is 19.5. The Morgan fingerprint density at radius 3 is 2.40 bits per heavy atom. The first-order valence-electron chi connectivity index (χ1n) is 9.45. The fraction of sp³-hybridized carbons (Fsp3) is 0.0833. The third kappa shape index (κ3) is 3.75. The van der Waals surface area contributed by atoms with Gasteiger partial charge in [-0.25, -0.2) is 4.98 Å². The Hall–Kier alpha value is -4.06. The monoisotopic (exact) mass is 397 g/mol. The lowest BCUT2D eigenvalue weighted by Gasteiger charge is -2.13.